The van der Waals surface area contributed by atoms with E-state index in [1.165, 1.54) is 5.56 Å². The van der Waals surface area contributed by atoms with Gasteiger partial charge in [-0.25, -0.2) is 8.42 Å². The molecule has 0 amide bonds. The molecule has 4 heteroatoms. The SMILES string of the molecule is CCCNC(CCCCS(=O)(=O)CCC)c1ccccc1. The molecule has 0 radical (unpaired) electrons. The van der Waals surface area contributed by atoms with Gasteiger partial charge in [-0.2, -0.15) is 0 Å². The summed E-state index contributed by atoms with van der Waals surface area (Å²) in [5.74, 6) is 0.652. The van der Waals surface area contributed by atoms with Crippen molar-refractivity contribution >= 4 is 9.84 Å². The van der Waals surface area contributed by atoms with Gasteiger partial charge in [0.25, 0.3) is 0 Å². The molecule has 0 aliphatic heterocycles. The Morgan fingerprint density at radius 2 is 1.71 bits per heavy atom. The van der Waals surface area contributed by atoms with E-state index >= 15 is 0 Å². The molecule has 0 saturated carbocycles. The first-order valence-corrected chi connectivity index (χ1v) is 9.90. The summed E-state index contributed by atoms with van der Waals surface area (Å²) in [6.45, 7) is 5.07. The Morgan fingerprint density at radius 3 is 2.33 bits per heavy atom. The van der Waals surface area contributed by atoms with Gasteiger partial charge in [-0.05, 0) is 37.8 Å². The summed E-state index contributed by atoms with van der Waals surface area (Å²) in [7, 11) is -2.83. The quantitative estimate of drug-likeness (QED) is 0.634. The molecule has 120 valence electrons. The molecule has 0 saturated heterocycles. The minimum absolute atomic E-state index is 0.323. The predicted octanol–water partition coefficient (Wildman–Crippen LogP) is 3.72. The zero-order valence-corrected chi connectivity index (χ0v) is 14.2. The van der Waals surface area contributed by atoms with E-state index in [4.69, 9.17) is 0 Å². The Bertz CT molecular complexity index is 471. The molecule has 1 unspecified atom stereocenters. The van der Waals surface area contributed by atoms with Crippen LogP contribution in [0.5, 0.6) is 0 Å². The Morgan fingerprint density at radius 1 is 1.00 bits per heavy atom. The zero-order chi connectivity index (χ0) is 15.6. The summed E-state index contributed by atoms with van der Waals surface area (Å²) >= 11 is 0. The molecule has 21 heavy (non-hydrogen) atoms. The van der Waals surface area contributed by atoms with Gasteiger partial charge in [-0.15, -0.1) is 0 Å². The maximum atomic E-state index is 11.7. The minimum atomic E-state index is -2.83. The largest absolute Gasteiger partial charge is 0.310 e. The lowest BCUT2D eigenvalue weighted by Crippen LogP contribution is -2.22. The van der Waals surface area contributed by atoms with Gasteiger partial charge in [0.15, 0.2) is 0 Å². The van der Waals surface area contributed by atoms with Crippen molar-refractivity contribution in [2.75, 3.05) is 18.1 Å². The molecule has 1 aromatic carbocycles. The summed E-state index contributed by atoms with van der Waals surface area (Å²) in [5, 5.41) is 3.56. The molecular weight excluding hydrogens is 282 g/mol. The van der Waals surface area contributed by atoms with Gasteiger partial charge in [0.05, 0.1) is 5.75 Å². The summed E-state index contributed by atoms with van der Waals surface area (Å²) in [6.07, 6.45) is 4.52. The van der Waals surface area contributed by atoms with Crippen molar-refractivity contribution < 1.29 is 8.42 Å². The second-order valence-corrected chi connectivity index (χ2v) is 7.87. The topological polar surface area (TPSA) is 46.2 Å². The number of benzene rings is 1. The van der Waals surface area contributed by atoms with Crippen LogP contribution >= 0.6 is 0 Å². The number of unbranched alkanes of at least 4 members (excludes halogenated alkanes) is 1. The highest BCUT2D eigenvalue weighted by atomic mass is 32.2. The van der Waals surface area contributed by atoms with Crippen molar-refractivity contribution in [2.24, 2.45) is 0 Å². The first kappa shape index (κ1) is 18.2. The van der Waals surface area contributed by atoms with Gasteiger partial charge in [0.2, 0.25) is 0 Å². The molecule has 0 spiro atoms. The second-order valence-electron chi connectivity index (χ2n) is 5.56. The molecule has 1 aromatic rings. The second kappa shape index (κ2) is 9.96. The number of hydrogen-bond acceptors (Lipinski definition) is 3. The van der Waals surface area contributed by atoms with Gasteiger partial charge in [-0.1, -0.05) is 50.6 Å². The summed E-state index contributed by atoms with van der Waals surface area (Å²) in [4.78, 5) is 0. The van der Waals surface area contributed by atoms with E-state index in [0.717, 1.165) is 32.2 Å². The van der Waals surface area contributed by atoms with Crippen molar-refractivity contribution in [3.63, 3.8) is 0 Å². The van der Waals surface area contributed by atoms with Crippen molar-refractivity contribution in [1.82, 2.24) is 5.32 Å². The highest BCUT2D eigenvalue weighted by Crippen LogP contribution is 2.19. The van der Waals surface area contributed by atoms with Crippen LogP contribution in [-0.4, -0.2) is 26.5 Å². The molecular formula is C17H29NO2S. The molecule has 0 bridgehead atoms. The fourth-order valence-electron chi connectivity index (χ4n) is 2.47. The van der Waals surface area contributed by atoms with Crippen LogP contribution < -0.4 is 5.32 Å². The standard InChI is InChI=1S/C17H29NO2S/c1-3-13-18-17(16-10-6-5-7-11-16)12-8-9-15-21(19,20)14-4-2/h5-7,10-11,17-18H,3-4,8-9,12-15H2,1-2H3. The summed E-state index contributed by atoms with van der Waals surface area (Å²) in [5.41, 5.74) is 1.29. The first-order valence-electron chi connectivity index (χ1n) is 8.07. The molecule has 0 fully saturated rings. The van der Waals surface area contributed by atoms with E-state index in [1.54, 1.807) is 0 Å². The number of hydrogen-bond donors (Lipinski definition) is 1. The highest BCUT2D eigenvalue weighted by molar-refractivity contribution is 7.91. The Kier molecular flexibility index (Phi) is 8.62. The lowest BCUT2D eigenvalue weighted by atomic mass is 10.0. The fraction of sp³-hybridized carbons (Fsp3) is 0.647. The van der Waals surface area contributed by atoms with Crippen LogP contribution in [0.2, 0.25) is 0 Å². The third-order valence-electron chi connectivity index (χ3n) is 3.56. The minimum Gasteiger partial charge on any atom is -0.310 e. The number of nitrogens with one attached hydrogen (secondary N) is 1. The normalized spacial score (nSPS) is 13.2. The van der Waals surface area contributed by atoms with Crippen LogP contribution in [0.4, 0.5) is 0 Å². The lowest BCUT2D eigenvalue weighted by molar-refractivity contribution is 0.480. The van der Waals surface area contributed by atoms with Crippen LogP contribution in [0.1, 0.15) is 57.6 Å². The van der Waals surface area contributed by atoms with Crippen LogP contribution in [-0.2, 0) is 9.84 Å². The molecule has 0 heterocycles. The Labute approximate surface area is 130 Å². The van der Waals surface area contributed by atoms with Gasteiger partial charge >= 0.3 is 0 Å². The Hall–Kier alpha value is -0.870. The van der Waals surface area contributed by atoms with Gasteiger partial charge in [0, 0.05) is 11.8 Å². The smallest absolute Gasteiger partial charge is 0.150 e. The molecule has 0 aromatic heterocycles. The van der Waals surface area contributed by atoms with Crippen molar-refractivity contribution in [3.05, 3.63) is 35.9 Å². The van der Waals surface area contributed by atoms with E-state index in [2.05, 4.69) is 36.5 Å². The van der Waals surface area contributed by atoms with Crippen LogP contribution in [0.25, 0.3) is 0 Å². The van der Waals surface area contributed by atoms with Crippen molar-refractivity contribution in [1.29, 1.82) is 0 Å². The molecule has 0 aliphatic rings. The van der Waals surface area contributed by atoms with E-state index in [0.29, 0.717) is 24.0 Å². The van der Waals surface area contributed by atoms with Crippen LogP contribution in [0.15, 0.2) is 30.3 Å². The molecule has 1 N–H and O–H groups in total. The first-order chi connectivity index (χ1) is 10.1. The summed E-state index contributed by atoms with van der Waals surface area (Å²) < 4.78 is 23.4. The van der Waals surface area contributed by atoms with Gasteiger partial charge in [0.1, 0.15) is 9.84 Å². The molecule has 1 rings (SSSR count). The maximum Gasteiger partial charge on any atom is 0.150 e. The van der Waals surface area contributed by atoms with Crippen molar-refractivity contribution in [3.8, 4) is 0 Å². The monoisotopic (exact) mass is 311 g/mol. The van der Waals surface area contributed by atoms with Crippen molar-refractivity contribution in [2.45, 2.75) is 52.0 Å². The highest BCUT2D eigenvalue weighted by Gasteiger charge is 2.12. The lowest BCUT2D eigenvalue weighted by Gasteiger charge is -2.19. The summed E-state index contributed by atoms with van der Waals surface area (Å²) in [6, 6.07) is 10.8. The van der Waals surface area contributed by atoms with Gasteiger partial charge < -0.3 is 5.32 Å². The Balaban J connectivity index is 2.44. The number of rotatable bonds is 11. The molecule has 0 aliphatic carbocycles. The van der Waals surface area contributed by atoms with Gasteiger partial charge in [-0.3, -0.25) is 0 Å². The van der Waals surface area contributed by atoms with E-state index in [9.17, 15) is 8.42 Å². The third-order valence-corrected chi connectivity index (χ3v) is 5.50. The third kappa shape index (κ3) is 7.63. The fourth-order valence-corrected chi connectivity index (χ4v) is 3.94. The average Bonchev–Trinajstić information content (AvgIpc) is 2.47. The van der Waals surface area contributed by atoms with E-state index < -0.39 is 9.84 Å². The van der Waals surface area contributed by atoms with E-state index in [1.807, 2.05) is 13.0 Å². The maximum absolute atomic E-state index is 11.7. The average molecular weight is 311 g/mol. The van der Waals surface area contributed by atoms with E-state index in [-0.39, 0.29) is 0 Å². The number of sulfone groups is 1. The van der Waals surface area contributed by atoms with Crippen LogP contribution in [0.3, 0.4) is 0 Å². The zero-order valence-electron chi connectivity index (χ0n) is 13.3. The molecule has 1 atom stereocenters. The van der Waals surface area contributed by atoms with Crippen LogP contribution in [0, 0.1) is 0 Å². The predicted molar refractivity (Wildman–Crippen MR) is 90.3 cm³/mol. The molecule has 3 nitrogen and oxygen atoms in total.